The molecule has 8 rings (SSSR count). The first-order chi connectivity index (χ1) is 21.2. The van der Waals surface area contributed by atoms with E-state index in [0.717, 1.165) is 12.8 Å². The maximum absolute atomic E-state index is 2.58. The van der Waals surface area contributed by atoms with Crippen molar-refractivity contribution < 1.29 is 0 Å². The number of hydrogen-bond acceptors (Lipinski definition) is 0. The van der Waals surface area contributed by atoms with Gasteiger partial charge in [-0.05, 0) is 96.1 Å². The largest absolute Gasteiger partial charge is 0.139 e. The van der Waals surface area contributed by atoms with Crippen LogP contribution in [0.3, 0.4) is 0 Å². The van der Waals surface area contributed by atoms with Gasteiger partial charge in [-0.2, -0.15) is 0 Å². The summed E-state index contributed by atoms with van der Waals surface area (Å²) in [5.41, 5.74) is 25.6. The van der Waals surface area contributed by atoms with E-state index in [0.29, 0.717) is 0 Å². The molecule has 2 aliphatic carbocycles. The fourth-order valence-corrected chi connectivity index (χ4v) is 8.58. The first-order valence-corrected chi connectivity index (χ1v) is 16.2. The summed E-state index contributed by atoms with van der Waals surface area (Å²) in [5, 5.41) is 5.71. The van der Waals surface area contributed by atoms with Crippen LogP contribution in [-0.4, -0.2) is 62.8 Å². The highest BCUT2D eigenvalue weighted by Gasteiger charge is 2.30. The summed E-state index contributed by atoms with van der Waals surface area (Å²) in [6.07, 6.45) is 6.82. The molecule has 0 radical (unpaired) electrons. The summed E-state index contributed by atoms with van der Waals surface area (Å²) in [4.78, 5) is 0. The van der Waals surface area contributed by atoms with Crippen LogP contribution in [0.2, 0.25) is 0 Å². The fraction of sp³-hybridized carbons (Fsp3) is 0.0556. The topological polar surface area (TPSA) is 0 Å². The smallest absolute Gasteiger partial charge is 0.101 e. The monoisotopic (exact) mass is 552 g/mol. The van der Waals surface area contributed by atoms with E-state index in [2.05, 4.69) is 136 Å². The molecule has 0 N–H and O–H groups in total. The van der Waals surface area contributed by atoms with Gasteiger partial charge < -0.3 is 0 Å². The van der Waals surface area contributed by atoms with Gasteiger partial charge in [0.1, 0.15) is 62.8 Å². The Labute approximate surface area is 268 Å². The molecule has 0 amide bonds. The van der Waals surface area contributed by atoms with Crippen molar-refractivity contribution in [3.05, 3.63) is 89.0 Å². The predicted molar refractivity (Wildman–Crippen MR) is 219 cm³/mol. The van der Waals surface area contributed by atoms with E-state index in [-0.39, 0.29) is 0 Å². The molecule has 0 saturated carbocycles. The minimum atomic E-state index is 0.990. The van der Waals surface area contributed by atoms with Crippen molar-refractivity contribution in [1.29, 1.82) is 0 Å². The Hall–Kier alpha value is -3.90. The van der Waals surface area contributed by atoms with Crippen LogP contribution in [0.25, 0.3) is 61.0 Å². The van der Waals surface area contributed by atoms with E-state index in [4.69, 9.17) is 0 Å². The lowest BCUT2D eigenvalue weighted by atomic mass is 9.59. The zero-order valence-electron chi connectivity index (χ0n) is 27.3. The molecule has 8 heteroatoms. The van der Waals surface area contributed by atoms with E-state index < -0.39 is 0 Å². The lowest BCUT2D eigenvalue weighted by Gasteiger charge is -2.29. The van der Waals surface area contributed by atoms with Gasteiger partial charge >= 0.3 is 0 Å². The van der Waals surface area contributed by atoms with Crippen molar-refractivity contribution in [2.45, 2.75) is 12.8 Å². The van der Waals surface area contributed by atoms with E-state index in [1.54, 1.807) is 0 Å². The summed E-state index contributed by atoms with van der Waals surface area (Å²) < 4.78 is 0. The molecule has 0 unspecified atom stereocenters. The predicted octanol–water partition coefficient (Wildman–Crippen LogP) is -4.47. The zero-order chi connectivity index (χ0) is 30.6. The molecular formula is C36H32B8. The van der Waals surface area contributed by atoms with Gasteiger partial charge in [0, 0.05) is 0 Å². The van der Waals surface area contributed by atoms with Gasteiger partial charge in [0.15, 0.2) is 0 Å². The molecule has 6 aromatic rings. The van der Waals surface area contributed by atoms with Crippen molar-refractivity contribution in [3.63, 3.8) is 0 Å². The molecule has 0 nitrogen and oxygen atoms in total. The highest BCUT2D eigenvalue weighted by Crippen LogP contribution is 2.48. The maximum atomic E-state index is 2.58. The second-order valence-corrected chi connectivity index (χ2v) is 13.4. The molecule has 0 bridgehead atoms. The van der Waals surface area contributed by atoms with Crippen molar-refractivity contribution in [3.8, 4) is 33.4 Å². The van der Waals surface area contributed by atoms with Gasteiger partial charge in [0.2, 0.25) is 0 Å². The van der Waals surface area contributed by atoms with E-state index in [9.17, 15) is 0 Å². The second kappa shape index (κ2) is 9.80. The summed E-state index contributed by atoms with van der Waals surface area (Å²) in [6.45, 7) is 0. The van der Waals surface area contributed by atoms with Crippen LogP contribution in [0.4, 0.5) is 0 Å². The van der Waals surface area contributed by atoms with Gasteiger partial charge in [-0.1, -0.05) is 88.6 Å². The average molecular weight is 551 g/mol. The quantitative estimate of drug-likeness (QED) is 0.151. The van der Waals surface area contributed by atoms with Gasteiger partial charge in [0.05, 0.1) is 0 Å². The minimum Gasteiger partial charge on any atom is -0.101 e. The lowest BCUT2D eigenvalue weighted by molar-refractivity contribution is 1.22. The third-order valence-corrected chi connectivity index (χ3v) is 11.6. The van der Waals surface area contributed by atoms with Crippen LogP contribution >= 0.6 is 0 Å². The Balaban J connectivity index is 1.68. The zero-order valence-corrected chi connectivity index (χ0v) is 27.3. The van der Waals surface area contributed by atoms with Gasteiger partial charge in [-0.15, -0.1) is 21.9 Å². The van der Waals surface area contributed by atoms with Crippen LogP contribution in [0, 0.1) is 0 Å². The van der Waals surface area contributed by atoms with Crippen LogP contribution < -0.4 is 43.7 Å². The summed E-state index contributed by atoms with van der Waals surface area (Å²) in [6, 6.07) is 22.8. The fourth-order valence-electron chi connectivity index (χ4n) is 8.58. The van der Waals surface area contributed by atoms with Crippen LogP contribution in [0.5, 0.6) is 0 Å². The Kier molecular flexibility index (Phi) is 6.16. The molecule has 44 heavy (non-hydrogen) atoms. The van der Waals surface area contributed by atoms with E-state index in [1.807, 2.05) is 0 Å². The summed E-state index contributed by atoms with van der Waals surface area (Å²) in [5.74, 6) is 0. The molecule has 0 saturated heterocycles. The molecular weight excluding hydrogens is 519 g/mol. The number of fused-ring (bicyclic) bond motifs is 7. The standard InChI is InChI=1S/C36H32B8/c37-29-25-23(15-7-2-1-3-8-15)26-28(32(40)36(44)34(42)30(26)38)24(27(25)31(39)35(43)33(29)41)22-14-21-17-10-5-4-9-16(17)13-20(21)18-11-6-12-19(18)22/h1-11,14H,12-13,37-44H2. The van der Waals surface area contributed by atoms with Crippen LogP contribution in [-0.2, 0) is 12.8 Å². The first-order valence-electron chi connectivity index (χ1n) is 16.2. The van der Waals surface area contributed by atoms with Gasteiger partial charge in [-0.3, -0.25) is 0 Å². The van der Waals surface area contributed by atoms with Crippen molar-refractivity contribution in [2.75, 3.05) is 0 Å². The summed E-state index contributed by atoms with van der Waals surface area (Å²) in [7, 11) is 18.8. The van der Waals surface area contributed by atoms with Gasteiger partial charge in [-0.25, -0.2) is 0 Å². The number of hydrogen-bond donors (Lipinski definition) is 0. The SMILES string of the molecule is Bc1c(B)c(B)c2c(-c3cc4c(c5c3CC=C5)Cc3ccccc3-4)c3c(B)c(B)c(B)c(B)c3c(-c3ccccc3)c2c1B. The highest BCUT2D eigenvalue weighted by atomic mass is 14.3. The Morgan fingerprint density at radius 3 is 1.57 bits per heavy atom. The summed E-state index contributed by atoms with van der Waals surface area (Å²) >= 11 is 0. The van der Waals surface area contributed by atoms with Gasteiger partial charge in [0.25, 0.3) is 0 Å². The molecule has 0 aromatic heterocycles. The third kappa shape index (κ3) is 3.58. The normalized spacial score (nSPS) is 13.0. The molecule has 0 heterocycles. The van der Waals surface area contributed by atoms with E-state index in [1.165, 1.54) is 121 Å². The number of allylic oxidation sites excluding steroid dienone is 1. The van der Waals surface area contributed by atoms with Crippen molar-refractivity contribution >= 4 is 134 Å². The van der Waals surface area contributed by atoms with Crippen molar-refractivity contribution in [2.24, 2.45) is 0 Å². The second-order valence-electron chi connectivity index (χ2n) is 13.4. The third-order valence-electron chi connectivity index (χ3n) is 11.6. The number of benzene rings is 6. The van der Waals surface area contributed by atoms with Crippen LogP contribution in [0.1, 0.15) is 22.3 Å². The van der Waals surface area contributed by atoms with E-state index >= 15 is 0 Å². The first kappa shape index (κ1) is 27.6. The minimum absolute atomic E-state index is 0.990. The highest BCUT2D eigenvalue weighted by molar-refractivity contribution is 6.71. The molecule has 2 aliphatic rings. The average Bonchev–Trinajstić information content (AvgIpc) is 3.68. The Morgan fingerprint density at radius 1 is 0.455 bits per heavy atom. The molecule has 0 atom stereocenters. The maximum Gasteiger partial charge on any atom is 0.139 e. The number of rotatable bonds is 2. The Bertz CT molecular complexity index is 2220. The molecule has 200 valence electrons. The molecule has 6 aromatic carbocycles. The lowest BCUT2D eigenvalue weighted by Crippen LogP contribution is -2.50. The van der Waals surface area contributed by atoms with Crippen molar-refractivity contribution in [1.82, 2.24) is 0 Å². The Morgan fingerprint density at radius 2 is 0.977 bits per heavy atom. The molecule has 0 aliphatic heterocycles. The molecule has 0 fully saturated rings. The molecule has 0 spiro atoms. The van der Waals surface area contributed by atoms with Crippen LogP contribution in [0.15, 0.2) is 66.7 Å².